The Morgan fingerprint density at radius 3 is 2.50 bits per heavy atom. The summed E-state index contributed by atoms with van der Waals surface area (Å²) in [5.41, 5.74) is 1.92. The van der Waals surface area contributed by atoms with Gasteiger partial charge in [-0.3, -0.25) is 4.79 Å². The van der Waals surface area contributed by atoms with Crippen LogP contribution in [-0.2, 0) is 23.2 Å². The summed E-state index contributed by atoms with van der Waals surface area (Å²) in [6.07, 6.45) is -3.07. The van der Waals surface area contributed by atoms with Gasteiger partial charge in [-0.25, -0.2) is 4.39 Å². The molecule has 2 aromatic carbocycles. The molecular weight excluding hydrogens is 378 g/mol. The average Bonchev–Trinajstić information content (AvgIpc) is 3.43. The number of aliphatic carboxylic acids is 1. The lowest BCUT2D eigenvalue weighted by molar-refractivity contribution is -0.274. The number of carboxylic acid groups (broad SMARTS) is 1. The first-order valence-corrected chi connectivity index (χ1v) is 8.84. The quantitative estimate of drug-likeness (QED) is 0.780. The number of carbonyl (C=O) groups is 1. The fourth-order valence-electron chi connectivity index (χ4n) is 3.74. The molecule has 0 spiro atoms. The van der Waals surface area contributed by atoms with Crippen molar-refractivity contribution in [3.8, 4) is 5.75 Å². The van der Waals surface area contributed by atoms with Crippen LogP contribution in [-0.4, -0.2) is 24.0 Å². The summed E-state index contributed by atoms with van der Waals surface area (Å²) in [5.74, 6) is -1.92. The van der Waals surface area contributed by atoms with Gasteiger partial charge in [-0.1, -0.05) is 18.2 Å². The number of ether oxygens (including phenoxy) is 1. The zero-order chi connectivity index (χ0) is 20.1. The molecule has 1 saturated carbocycles. The molecule has 0 aromatic heterocycles. The topological polar surface area (TPSA) is 49.8 Å². The minimum absolute atomic E-state index is 0.0423. The van der Waals surface area contributed by atoms with Crippen LogP contribution in [0.25, 0.3) is 0 Å². The number of benzene rings is 2. The lowest BCUT2D eigenvalue weighted by atomic mass is 9.90. The Kier molecular flexibility index (Phi) is 4.24. The van der Waals surface area contributed by atoms with Crippen LogP contribution in [0.15, 0.2) is 36.4 Å². The van der Waals surface area contributed by atoms with Crippen LogP contribution in [0.5, 0.6) is 5.75 Å². The first-order valence-electron chi connectivity index (χ1n) is 8.84. The van der Waals surface area contributed by atoms with Crippen LogP contribution in [0, 0.1) is 5.82 Å². The summed E-state index contributed by atoms with van der Waals surface area (Å²) in [5, 5.41) is 9.45. The van der Waals surface area contributed by atoms with Gasteiger partial charge in [0.15, 0.2) is 0 Å². The molecule has 148 valence electrons. The minimum atomic E-state index is -4.84. The molecule has 0 saturated heterocycles. The lowest BCUT2D eigenvalue weighted by Crippen LogP contribution is -2.31. The van der Waals surface area contributed by atoms with E-state index in [1.165, 1.54) is 0 Å². The van der Waals surface area contributed by atoms with E-state index in [1.54, 1.807) is 11.0 Å². The smallest absolute Gasteiger partial charge is 0.481 e. The molecule has 2 aromatic rings. The molecular formula is C20H17F4NO3. The Labute approximate surface area is 158 Å². The maximum absolute atomic E-state index is 14.2. The third-order valence-corrected chi connectivity index (χ3v) is 5.42. The van der Waals surface area contributed by atoms with Gasteiger partial charge in [0.2, 0.25) is 0 Å². The zero-order valence-electron chi connectivity index (χ0n) is 14.7. The molecule has 1 heterocycles. The fraction of sp³-hybridized carbons (Fsp3) is 0.350. The van der Waals surface area contributed by atoms with Crippen LogP contribution in [0.3, 0.4) is 0 Å². The van der Waals surface area contributed by atoms with Gasteiger partial charge in [0.25, 0.3) is 0 Å². The molecule has 2 aliphatic rings. The number of hydrogen-bond acceptors (Lipinski definition) is 3. The van der Waals surface area contributed by atoms with Crippen LogP contribution >= 0.6 is 0 Å². The molecule has 4 rings (SSSR count). The largest absolute Gasteiger partial charge is 0.573 e. The van der Waals surface area contributed by atoms with Crippen molar-refractivity contribution in [1.29, 1.82) is 0 Å². The van der Waals surface area contributed by atoms with Crippen molar-refractivity contribution in [2.75, 3.05) is 11.4 Å². The van der Waals surface area contributed by atoms with Crippen molar-refractivity contribution < 1.29 is 32.2 Å². The van der Waals surface area contributed by atoms with E-state index in [0.29, 0.717) is 32.4 Å². The van der Waals surface area contributed by atoms with E-state index in [4.69, 9.17) is 0 Å². The zero-order valence-corrected chi connectivity index (χ0v) is 14.7. The van der Waals surface area contributed by atoms with Crippen molar-refractivity contribution in [2.45, 2.75) is 37.6 Å². The summed E-state index contributed by atoms with van der Waals surface area (Å²) < 4.78 is 55.4. The van der Waals surface area contributed by atoms with Crippen molar-refractivity contribution in [2.24, 2.45) is 0 Å². The predicted molar refractivity (Wildman–Crippen MR) is 92.8 cm³/mol. The highest BCUT2D eigenvalue weighted by molar-refractivity contribution is 5.85. The molecule has 1 N–H and O–H groups in total. The number of halogens is 4. The van der Waals surface area contributed by atoms with Gasteiger partial charge in [-0.15, -0.1) is 13.2 Å². The van der Waals surface area contributed by atoms with Gasteiger partial charge < -0.3 is 14.7 Å². The second-order valence-electron chi connectivity index (χ2n) is 7.20. The van der Waals surface area contributed by atoms with E-state index >= 15 is 0 Å². The van der Waals surface area contributed by atoms with E-state index in [1.807, 2.05) is 12.1 Å². The maximum atomic E-state index is 14.2. The summed E-state index contributed by atoms with van der Waals surface area (Å²) >= 11 is 0. The van der Waals surface area contributed by atoms with Gasteiger partial charge in [0.1, 0.15) is 11.6 Å². The Morgan fingerprint density at radius 1 is 1.11 bits per heavy atom. The highest BCUT2D eigenvalue weighted by atomic mass is 19.4. The number of alkyl halides is 3. The maximum Gasteiger partial charge on any atom is 0.573 e. The molecule has 0 unspecified atom stereocenters. The van der Waals surface area contributed by atoms with Crippen LogP contribution < -0.4 is 9.64 Å². The van der Waals surface area contributed by atoms with E-state index in [2.05, 4.69) is 4.74 Å². The normalized spacial score (nSPS) is 17.8. The number of rotatable bonds is 4. The van der Waals surface area contributed by atoms with E-state index < -0.39 is 29.3 Å². The number of nitrogens with zero attached hydrogens (tertiary/aromatic N) is 1. The molecule has 0 amide bonds. The molecule has 1 aliphatic heterocycles. The number of fused-ring (bicyclic) bond motifs is 1. The van der Waals surface area contributed by atoms with Gasteiger partial charge >= 0.3 is 12.3 Å². The van der Waals surface area contributed by atoms with Crippen molar-refractivity contribution in [3.63, 3.8) is 0 Å². The average molecular weight is 395 g/mol. The minimum Gasteiger partial charge on any atom is -0.481 e. The Balaban J connectivity index is 1.58. The Hall–Kier alpha value is -2.77. The van der Waals surface area contributed by atoms with Crippen LogP contribution in [0.2, 0.25) is 0 Å². The highest BCUT2D eigenvalue weighted by Crippen LogP contribution is 2.49. The van der Waals surface area contributed by atoms with Crippen molar-refractivity contribution in [1.82, 2.24) is 0 Å². The molecule has 0 bridgehead atoms. The van der Waals surface area contributed by atoms with E-state index in [9.17, 15) is 27.5 Å². The molecule has 28 heavy (non-hydrogen) atoms. The number of anilines is 1. The summed E-state index contributed by atoms with van der Waals surface area (Å²) in [6, 6.07) is 8.45. The second kappa shape index (κ2) is 6.39. The van der Waals surface area contributed by atoms with E-state index in [-0.39, 0.29) is 5.69 Å². The molecule has 8 heteroatoms. The predicted octanol–water partition coefficient (Wildman–Crippen LogP) is 4.40. The fourth-order valence-corrected chi connectivity index (χ4v) is 3.74. The first-order chi connectivity index (χ1) is 13.2. The Morgan fingerprint density at radius 2 is 1.86 bits per heavy atom. The first kappa shape index (κ1) is 18.6. The van der Waals surface area contributed by atoms with Crippen LogP contribution in [0.1, 0.15) is 29.5 Å². The monoisotopic (exact) mass is 395 g/mol. The summed E-state index contributed by atoms with van der Waals surface area (Å²) in [7, 11) is 0. The van der Waals surface area contributed by atoms with Crippen LogP contribution in [0.4, 0.5) is 23.2 Å². The van der Waals surface area contributed by atoms with E-state index in [0.717, 1.165) is 34.9 Å². The molecule has 0 radical (unpaired) electrons. The SMILES string of the molecule is O=C(O)C1(c2ccc3c(c2)CCN(c2cc(OC(F)(F)F)ccc2F)C3)CC1. The second-order valence-corrected chi connectivity index (χ2v) is 7.20. The third kappa shape index (κ3) is 3.39. The lowest BCUT2D eigenvalue weighted by Gasteiger charge is -2.32. The van der Waals surface area contributed by atoms with Gasteiger partial charge in [0, 0.05) is 19.2 Å². The van der Waals surface area contributed by atoms with Crippen molar-refractivity contribution in [3.05, 3.63) is 58.9 Å². The number of hydrogen-bond donors (Lipinski definition) is 1. The summed E-state index contributed by atoms with van der Waals surface area (Å²) in [6.45, 7) is 0.727. The van der Waals surface area contributed by atoms with Crippen molar-refractivity contribution >= 4 is 11.7 Å². The van der Waals surface area contributed by atoms with Gasteiger partial charge in [0.05, 0.1) is 11.1 Å². The third-order valence-electron chi connectivity index (χ3n) is 5.42. The molecule has 1 aliphatic carbocycles. The number of carboxylic acids is 1. The molecule has 0 atom stereocenters. The molecule has 4 nitrogen and oxygen atoms in total. The highest BCUT2D eigenvalue weighted by Gasteiger charge is 2.51. The summed E-state index contributed by atoms with van der Waals surface area (Å²) in [4.78, 5) is 13.2. The van der Waals surface area contributed by atoms with Gasteiger partial charge in [-0.2, -0.15) is 0 Å². The molecule has 1 fully saturated rings. The van der Waals surface area contributed by atoms with Gasteiger partial charge in [-0.05, 0) is 48.1 Å². The standard InChI is InChI=1S/C20H17F4NO3/c21-16-4-3-15(28-20(22,23)24)10-17(16)25-8-5-12-9-14(2-1-13(12)11-25)19(6-7-19)18(26)27/h1-4,9-10H,5-8,11H2,(H,26,27). The Bertz CT molecular complexity index is 938.